The van der Waals surface area contributed by atoms with Crippen LogP contribution in [0.1, 0.15) is 22.5 Å². The second-order valence-electron chi connectivity index (χ2n) is 7.18. The van der Waals surface area contributed by atoms with Gasteiger partial charge in [0.15, 0.2) is 0 Å². The lowest BCUT2D eigenvalue weighted by Gasteiger charge is -2.31. The number of pyridine rings is 1. The zero-order valence-electron chi connectivity index (χ0n) is 16.2. The molecule has 142 valence electrons. The monoisotopic (exact) mass is 372 g/mol. The van der Waals surface area contributed by atoms with Crippen LogP contribution in [-0.2, 0) is 6.42 Å². The number of nitrogens with one attached hydrogen (secondary N) is 1. The third-order valence-electron chi connectivity index (χ3n) is 5.04. The van der Waals surface area contributed by atoms with Crippen LogP contribution in [0.5, 0.6) is 0 Å². The minimum absolute atomic E-state index is 0.205. The molecule has 5 nitrogen and oxygen atoms in total. The molecule has 0 bridgehead atoms. The van der Waals surface area contributed by atoms with E-state index in [4.69, 9.17) is 0 Å². The van der Waals surface area contributed by atoms with Gasteiger partial charge in [0.2, 0.25) is 0 Å². The van der Waals surface area contributed by atoms with E-state index in [1.54, 1.807) is 12.3 Å². The van der Waals surface area contributed by atoms with E-state index in [1.165, 1.54) is 11.3 Å². The van der Waals surface area contributed by atoms with E-state index in [2.05, 4.69) is 39.5 Å². The molecule has 3 aromatic rings. The van der Waals surface area contributed by atoms with Crippen LogP contribution < -0.4 is 15.1 Å². The highest BCUT2D eigenvalue weighted by Crippen LogP contribution is 2.32. The molecule has 0 spiro atoms. The average Bonchev–Trinajstić information content (AvgIpc) is 2.74. The summed E-state index contributed by atoms with van der Waals surface area (Å²) in [5.41, 5.74) is 5.85. The SMILES string of the molecule is CN(C)c1ccc(NC(=O)c2ccc(N3CCCc4ccccc43)cn2)cc1. The molecule has 2 aromatic carbocycles. The Morgan fingerprint density at radius 3 is 2.54 bits per heavy atom. The van der Waals surface area contributed by atoms with Crippen molar-refractivity contribution in [3.63, 3.8) is 0 Å². The molecular weight excluding hydrogens is 348 g/mol. The molecular formula is C23H24N4O. The van der Waals surface area contributed by atoms with Crippen LogP contribution in [0, 0.1) is 0 Å². The molecule has 4 rings (SSSR count). The Kier molecular flexibility index (Phi) is 4.98. The Morgan fingerprint density at radius 2 is 1.82 bits per heavy atom. The quantitative estimate of drug-likeness (QED) is 0.733. The van der Waals surface area contributed by atoms with Gasteiger partial charge in [0.05, 0.1) is 11.9 Å². The summed E-state index contributed by atoms with van der Waals surface area (Å²) in [7, 11) is 3.97. The number of fused-ring (bicyclic) bond motifs is 1. The number of carbonyl (C=O) groups is 1. The van der Waals surface area contributed by atoms with Gasteiger partial charge in [0, 0.05) is 37.7 Å². The number of aromatic nitrogens is 1. The van der Waals surface area contributed by atoms with Crippen molar-refractivity contribution < 1.29 is 4.79 Å². The van der Waals surface area contributed by atoms with Crippen LogP contribution in [0.15, 0.2) is 66.9 Å². The molecule has 0 aliphatic carbocycles. The van der Waals surface area contributed by atoms with Crippen molar-refractivity contribution in [2.45, 2.75) is 12.8 Å². The molecule has 2 heterocycles. The van der Waals surface area contributed by atoms with Gasteiger partial charge in [-0.15, -0.1) is 0 Å². The Labute approximate surface area is 165 Å². The maximum Gasteiger partial charge on any atom is 0.274 e. The zero-order chi connectivity index (χ0) is 19.5. The number of aryl methyl sites for hydroxylation is 1. The van der Waals surface area contributed by atoms with Gasteiger partial charge in [0.1, 0.15) is 5.69 Å². The summed E-state index contributed by atoms with van der Waals surface area (Å²) in [4.78, 5) is 21.2. The number of carbonyl (C=O) groups excluding carboxylic acids is 1. The van der Waals surface area contributed by atoms with Crippen LogP contribution in [0.2, 0.25) is 0 Å². The van der Waals surface area contributed by atoms with Gasteiger partial charge in [-0.2, -0.15) is 0 Å². The number of anilines is 4. The molecule has 0 radical (unpaired) electrons. The second-order valence-corrected chi connectivity index (χ2v) is 7.18. The van der Waals surface area contributed by atoms with Gasteiger partial charge in [0.25, 0.3) is 5.91 Å². The number of para-hydroxylation sites is 1. The second kappa shape index (κ2) is 7.72. The lowest BCUT2D eigenvalue weighted by Crippen LogP contribution is -2.24. The molecule has 0 unspecified atom stereocenters. The van der Waals surface area contributed by atoms with E-state index in [1.807, 2.05) is 49.3 Å². The number of hydrogen-bond acceptors (Lipinski definition) is 4. The Balaban J connectivity index is 1.48. The topological polar surface area (TPSA) is 48.5 Å². The smallest absolute Gasteiger partial charge is 0.274 e. The minimum Gasteiger partial charge on any atom is -0.378 e. The molecule has 5 heteroatoms. The summed E-state index contributed by atoms with van der Waals surface area (Å²) in [5, 5.41) is 2.91. The largest absolute Gasteiger partial charge is 0.378 e. The van der Waals surface area contributed by atoms with Crippen molar-refractivity contribution in [1.29, 1.82) is 0 Å². The third kappa shape index (κ3) is 3.69. The van der Waals surface area contributed by atoms with Crippen LogP contribution in [0.3, 0.4) is 0 Å². The van der Waals surface area contributed by atoms with E-state index in [0.29, 0.717) is 5.69 Å². The fraction of sp³-hybridized carbons (Fsp3) is 0.217. The predicted molar refractivity (Wildman–Crippen MR) is 115 cm³/mol. The number of nitrogens with zero attached hydrogens (tertiary/aromatic N) is 3. The van der Waals surface area contributed by atoms with Crippen molar-refractivity contribution in [3.05, 3.63) is 78.1 Å². The molecule has 0 saturated heterocycles. The van der Waals surface area contributed by atoms with E-state index >= 15 is 0 Å². The summed E-state index contributed by atoms with van der Waals surface area (Å²) in [6.45, 7) is 0.961. The molecule has 1 aliphatic heterocycles. The van der Waals surface area contributed by atoms with Crippen molar-refractivity contribution in [2.75, 3.05) is 35.8 Å². The highest BCUT2D eigenvalue weighted by molar-refractivity contribution is 6.03. The summed E-state index contributed by atoms with van der Waals surface area (Å²) in [6.07, 6.45) is 4.00. The van der Waals surface area contributed by atoms with Crippen molar-refractivity contribution >= 4 is 28.7 Å². The Hall–Kier alpha value is -3.34. The lowest BCUT2D eigenvalue weighted by atomic mass is 10.0. The molecule has 1 aromatic heterocycles. The summed E-state index contributed by atoms with van der Waals surface area (Å²) >= 11 is 0. The number of hydrogen-bond donors (Lipinski definition) is 1. The van der Waals surface area contributed by atoms with Crippen LogP contribution in [-0.4, -0.2) is 31.5 Å². The molecule has 1 amide bonds. The lowest BCUT2D eigenvalue weighted by molar-refractivity contribution is 0.102. The molecule has 0 atom stereocenters. The molecule has 1 N–H and O–H groups in total. The van der Waals surface area contributed by atoms with Crippen molar-refractivity contribution in [1.82, 2.24) is 4.98 Å². The van der Waals surface area contributed by atoms with Gasteiger partial charge in [-0.05, 0) is 60.9 Å². The highest BCUT2D eigenvalue weighted by Gasteiger charge is 2.18. The zero-order valence-corrected chi connectivity index (χ0v) is 16.2. The summed E-state index contributed by atoms with van der Waals surface area (Å²) in [5.74, 6) is -0.205. The normalized spacial score (nSPS) is 13.0. The molecule has 0 saturated carbocycles. The third-order valence-corrected chi connectivity index (χ3v) is 5.04. The number of amides is 1. The minimum atomic E-state index is -0.205. The number of benzene rings is 2. The number of rotatable bonds is 4. The standard InChI is InChI=1S/C23H24N4O/c1-26(2)19-11-9-18(10-12-19)25-23(28)21-14-13-20(16-24-21)27-15-5-7-17-6-3-4-8-22(17)27/h3-4,6,8-14,16H,5,7,15H2,1-2H3,(H,25,28). The van der Waals surface area contributed by atoms with Crippen LogP contribution in [0.25, 0.3) is 0 Å². The maximum absolute atomic E-state index is 12.5. The van der Waals surface area contributed by atoms with Gasteiger partial charge in [-0.3, -0.25) is 4.79 Å². The molecule has 1 aliphatic rings. The Morgan fingerprint density at radius 1 is 1.04 bits per heavy atom. The first kappa shape index (κ1) is 18.0. The first-order valence-corrected chi connectivity index (χ1v) is 9.52. The first-order valence-electron chi connectivity index (χ1n) is 9.52. The summed E-state index contributed by atoms with van der Waals surface area (Å²) in [6, 6.07) is 20.0. The van der Waals surface area contributed by atoms with Gasteiger partial charge >= 0.3 is 0 Å². The predicted octanol–water partition coefficient (Wildman–Crippen LogP) is 4.48. The van der Waals surface area contributed by atoms with E-state index in [9.17, 15) is 4.79 Å². The molecule has 28 heavy (non-hydrogen) atoms. The van der Waals surface area contributed by atoms with Crippen molar-refractivity contribution in [3.8, 4) is 0 Å². The average molecular weight is 372 g/mol. The van der Waals surface area contributed by atoms with Gasteiger partial charge in [-0.1, -0.05) is 18.2 Å². The van der Waals surface area contributed by atoms with E-state index in [-0.39, 0.29) is 5.91 Å². The fourth-order valence-corrected chi connectivity index (χ4v) is 3.52. The first-order chi connectivity index (χ1) is 13.6. The van der Waals surface area contributed by atoms with E-state index < -0.39 is 0 Å². The van der Waals surface area contributed by atoms with Gasteiger partial charge in [-0.25, -0.2) is 4.98 Å². The fourth-order valence-electron chi connectivity index (χ4n) is 3.52. The van der Waals surface area contributed by atoms with Crippen LogP contribution in [0.4, 0.5) is 22.7 Å². The van der Waals surface area contributed by atoms with E-state index in [0.717, 1.165) is 36.4 Å². The van der Waals surface area contributed by atoms with Crippen LogP contribution >= 0.6 is 0 Å². The summed E-state index contributed by atoms with van der Waals surface area (Å²) < 4.78 is 0. The van der Waals surface area contributed by atoms with Gasteiger partial charge < -0.3 is 15.1 Å². The maximum atomic E-state index is 12.5. The molecule has 0 fully saturated rings. The Bertz CT molecular complexity index is 965. The van der Waals surface area contributed by atoms with Crippen molar-refractivity contribution in [2.24, 2.45) is 0 Å². The highest BCUT2D eigenvalue weighted by atomic mass is 16.1.